The molecule has 1 amide bonds. The van der Waals surface area contributed by atoms with Crippen LogP contribution in [0.25, 0.3) is 5.57 Å². The van der Waals surface area contributed by atoms with E-state index < -0.39 is 5.82 Å². The first-order valence-electron chi connectivity index (χ1n) is 10.8. The minimum absolute atomic E-state index is 0.0622. The number of carbonyl (C=O) groups excluding carboxylic acids is 1. The molecular formula is C23H25ClFN5O2. The quantitative estimate of drug-likeness (QED) is 0.733. The molecule has 168 valence electrons. The molecule has 0 radical (unpaired) electrons. The van der Waals surface area contributed by atoms with E-state index in [-0.39, 0.29) is 36.9 Å². The van der Waals surface area contributed by atoms with Gasteiger partial charge in [0.15, 0.2) is 5.82 Å². The lowest BCUT2D eigenvalue weighted by molar-refractivity contribution is 0.0789. The van der Waals surface area contributed by atoms with Crippen molar-refractivity contribution in [3.63, 3.8) is 0 Å². The van der Waals surface area contributed by atoms with Gasteiger partial charge in [0.25, 0.3) is 5.91 Å². The predicted octanol–water partition coefficient (Wildman–Crippen LogP) is 2.98. The minimum Gasteiger partial charge on any atom is -0.488 e. The second kappa shape index (κ2) is 8.01. The van der Waals surface area contributed by atoms with Crippen molar-refractivity contribution >= 4 is 23.1 Å². The zero-order chi connectivity index (χ0) is 22.6. The summed E-state index contributed by atoms with van der Waals surface area (Å²) in [5.74, 6) is 0.0426. The molecule has 4 heterocycles. The maximum absolute atomic E-state index is 14.0. The van der Waals surface area contributed by atoms with Gasteiger partial charge in [-0.1, -0.05) is 11.6 Å². The topological polar surface area (TPSA) is 93.4 Å². The molecule has 3 N–H and O–H groups in total. The largest absolute Gasteiger partial charge is 0.488 e. The van der Waals surface area contributed by atoms with Crippen LogP contribution in [-0.2, 0) is 0 Å². The van der Waals surface area contributed by atoms with Crippen LogP contribution in [0.2, 0.25) is 5.02 Å². The van der Waals surface area contributed by atoms with Crippen LogP contribution in [-0.4, -0.2) is 52.1 Å². The zero-order valence-corrected chi connectivity index (χ0v) is 18.7. The van der Waals surface area contributed by atoms with Gasteiger partial charge in [-0.3, -0.25) is 4.79 Å². The normalized spacial score (nSPS) is 24.5. The molecule has 5 rings (SSSR count). The third-order valence-corrected chi connectivity index (χ3v) is 7.08. The van der Waals surface area contributed by atoms with E-state index in [0.717, 1.165) is 19.3 Å². The summed E-state index contributed by atoms with van der Waals surface area (Å²) in [7, 11) is 0. The Bertz CT molecular complexity index is 1110. The van der Waals surface area contributed by atoms with E-state index in [1.165, 1.54) is 18.2 Å². The number of aromatic nitrogens is 2. The van der Waals surface area contributed by atoms with Gasteiger partial charge in [0.05, 0.1) is 35.1 Å². The van der Waals surface area contributed by atoms with Gasteiger partial charge in [-0.25, -0.2) is 14.4 Å². The van der Waals surface area contributed by atoms with Crippen LogP contribution < -0.4 is 15.8 Å². The van der Waals surface area contributed by atoms with E-state index >= 15 is 0 Å². The fraction of sp³-hybridized carbons (Fsp3) is 0.435. The van der Waals surface area contributed by atoms with Crippen molar-refractivity contribution in [3.8, 4) is 5.75 Å². The van der Waals surface area contributed by atoms with Crippen molar-refractivity contribution in [3.05, 3.63) is 57.5 Å². The first-order chi connectivity index (χ1) is 15.3. The van der Waals surface area contributed by atoms with Crippen LogP contribution in [0.15, 0.2) is 23.9 Å². The van der Waals surface area contributed by atoms with E-state index in [0.29, 0.717) is 45.1 Å². The highest BCUT2D eigenvalue weighted by Gasteiger charge is 2.41. The fourth-order valence-corrected chi connectivity index (χ4v) is 4.94. The van der Waals surface area contributed by atoms with Crippen molar-refractivity contribution < 1.29 is 13.9 Å². The monoisotopic (exact) mass is 457 g/mol. The molecule has 32 heavy (non-hydrogen) atoms. The number of amides is 1. The van der Waals surface area contributed by atoms with Crippen LogP contribution in [0.1, 0.15) is 46.8 Å². The zero-order valence-electron chi connectivity index (χ0n) is 18.0. The summed E-state index contributed by atoms with van der Waals surface area (Å²) in [5.41, 5.74) is 9.14. The van der Waals surface area contributed by atoms with Crippen LogP contribution in [0.5, 0.6) is 5.75 Å². The molecule has 2 fully saturated rings. The van der Waals surface area contributed by atoms with Crippen LogP contribution in [0, 0.1) is 19.7 Å². The third-order valence-electron chi connectivity index (χ3n) is 6.53. The van der Waals surface area contributed by atoms with Gasteiger partial charge in [0.1, 0.15) is 17.7 Å². The van der Waals surface area contributed by atoms with Gasteiger partial charge in [-0.2, -0.15) is 0 Å². The number of ether oxygens (including phenoxy) is 1. The summed E-state index contributed by atoms with van der Waals surface area (Å²) < 4.78 is 20.2. The van der Waals surface area contributed by atoms with E-state index in [2.05, 4.69) is 15.3 Å². The van der Waals surface area contributed by atoms with Gasteiger partial charge in [0.2, 0.25) is 0 Å². The molecule has 2 bridgehead atoms. The lowest BCUT2D eigenvalue weighted by atomic mass is 9.97. The number of nitrogens with zero attached hydrogens (tertiary/aromatic N) is 3. The SMILES string of the molecule is Cc1nc(C2=C(N)CN(C(=O)c3ccc(F)cc3O[C@H]3CC4CCC3N4)C2)nc(C)c1Cl. The highest BCUT2D eigenvalue weighted by molar-refractivity contribution is 6.31. The first kappa shape index (κ1) is 21.2. The summed E-state index contributed by atoms with van der Waals surface area (Å²) in [4.78, 5) is 23.9. The van der Waals surface area contributed by atoms with Gasteiger partial charge in [-0.15, -0.1) is 0 Å². The van der Waals surface area contributed by atoms with Crippen molar-refractivity contribution in [1.82, 2.24) is 20.2 Å². The van der Waals surface area contributed by atoms with Crippen molar-refractivity contribution in [2.75, 3.05) is 13.1 Å². The van der Waals surface area contributed by atoms with Gasteiger partial charge in [0, 0.05) is 35.8 Å². The number of hydrogen-bond donors (Lipinski definition) is 2. The van der Waals surface area contributed by atoms with Crippen molar-refractivity contribution in [2.45, 2.75) is 51.3 Å². The number of rotatable bonds is 4. The number of carbonyl (C=O) groups is 1. The van der Waals surface area contributed by atoms with Crippen LogP contribution in [0.4, 0.5) is 4.39 Å². The lowest BCUT2D eigenvalue weighted by Gasteiger charge is -2.24. The summed E-state index contributed by atoms with van der Waals surface area (Å²) in [6.45, 7) is 4.12. The molecule has 9 heteroatoms. The number of halogens is 2. The maximum Gasteiger partial charge on any atom is 0.258 e. The number of hydrogen-bond acceptors (Lipinski definition) is 6. The second-order valence-electron chi connectivity index (χ2n) is 8.78. The molecule has 3 aliphatic rings. The average Bonchev–Trinajstić information content (AvgIpc) is 3.47. The maximum atomic E-state index is 14.0. The number of nitrogens with one attached hydrogen (secondary N) is 1. The Kier molecular flexibility index (Phi) is 5.29. The summed E-state index contributed by atoms with van der Waals surface area (Å²) in [6, 6.07) is 4.74. The minimum atomic E-state index is -0.437. The van der Waals surface area contributed by atoms with E-state index in [1.807, 2.05) is 13.8 Å². The molecule has 1 aromatic heterocycles. The van der Waals surface area contributed by atoms with E-state index in [9.17, 15) is 9.18 Å². The lowest BCUT2D eigenvalue weighted by Crippen LogP contribution is -2.34. The third kappa shape index (κ3) is 3.71. The molecule has 0 aliphatic carbocycles. The molecule has 3 atom stereocenters. The van der Waals surface area contributed by atoms with Crippen LogP contribution >= 0.6 is 11.6 Å². The van der Waals surface area contributed by atoms with Gasteiger partial charge < -0.3 is 20.7 Å². The van der Waals surface area contributed by atoms with Gasteiger partial charge in [-0.05, 0) is 38.8 Å². The molecule has 3 aliphatic heterocycles. The Morgan fingerprint density at radius 2 is 2.00 bits per heavy atom. The number of fused-ring (bicyclic) bond motifs is 2. The molecular weight excluding hydrogens is 433 g/mol. The first-order valence-corrected chi connectivity index (χ1v) is 11.2. The standard InChI is InChI=1S/C23H25ClFN5O2/c1-11-21(24)12(2)28-22(27-11)16-9-30(10-17(16)26)23(31)15-5-3-13(25)7-19(15)32-20-8-14-4-6-18(20)29-14/h3,5,7,14,18,20,29H,4,6,8-10,26H2,1-2H3/t14?,18?,20-/m0/s1. The summed E-state index contributed by atoms with van der Waals surface area (Å²) in [6.07, 6.45) is 2.97. The van der Waals surface area contributed by atoms with Crippen LogP contribution in [0.3, 0.4) is 0 Å². The summed E-state index contributed by atoms with van der Waals surface area (Å²) >= 11 is 6.19. The Labute approximate surface area is 190 Å². The van der Waals surface area contributed by atoms with Crippen molar-refractivity contribution in [1.29, 1.82) is 0 Å². The molecule has 0 saturated carbocycles. The molecule has 0 spiro atoms. The average molecular weight is 458 g/mol. The molecule has 1 aromatic carbocycles. The Morgan fingerprint density at radius 1 is 1.25 bits per heavy atom. The Hall–Kier alpha value is -2.71. The van der Waals surface area contributed by atoms with E-state index in [4.69, 9.17) is 22.1 Å². The Morgan fingerprint density at radius 3 is 2.66 bits per heavy atom. The molecule has 2 saturated heterocycles. The molecule has 7 nitrogen and oxygen atoms in total. The molecule has 2 unspecified atom stereocenters. The van der Waals surface area contributed by atoms with E-state index in [1.54, 1.807) is 4.90 Å². The highest BCUT2D eigenvalue weighted by Crippen LogP contribution is 2.34. The number of benzene rings is 1. The second-order valence-corrected chi connectivity index (χ2v) is 9.15. The molecule has 2 aromatic rings. The highest BCUT2D eigenvalue weighted by atomic mass is 35.5. The Balaban J connectivity index is 1.37. The van der Waals surface area contributed by atoms with Gasteiger partial charge >= 0.3 is 0 Å². The number of aryl methyl sites for hydroxylation is 2. The smallest absolute Gasteiger partial charge is 0.258 e. The summed E-state index contributed by atoms with van der Waals surface area (Å²) in [5, 5.41) is 4.01. The predicted molar refractivity (Wildman–Crippen MR) is 119 cm³/mol. The van der Waals surface area contributed by atoms with Crippen molar-refractivity contribution in [2.24, 2.45) is 5.73 Å². The number of nitrogens with two attached hydrogens (primary N) is 1. The fourth-order valence-electron chi connectivity index (χ4n) is 4.85.